The molecule has 0 radical (unpaired) electrons. The average molecular weight is 287 g/mol. The first-order valence-electron chi connectivity index (χ1n) is 7.60. The molecule has 2 fully saturated rings. The summed E-state index contributed by atoms with van der Waals surface area (Å²) in [6.45, 7) is 2.18. The van der Waals surface area contributed by atoms with Crippen LogP contribution < -0.4 is 10.6 Å². The van der Waals surface area contributed by atoms with Gasteiger partial charge in [-0.2, -0.15) is 0 Å². The highest BCUT2D eigenvalue weighted by Crippen LogP contribution is 2.23. The number of likely N-dealkylation sites (tertiary alicyclic amines) is 1. The Kier molecular flexibility index (Phi) is 3.92. The van der Waals surface area contributed by atoms with Gasteiger partial charge in [-0.05, 0) is 37.5 Å². The zero-order valence-electron chi connectivity index (χ0n) is 12.1. The van der Waals surface area contributed by atoms with Crippen molar-refractivity contribution in [3.8, 4) is 0 Å². The average Bonchev–Trinajstić information content (AvgIpc) is 2.94. The lowest BCUT2D eigenvalue weighted by Crippen LogP contribution is -2.42. The van der Waals surface area contributed by atoms with Crippen LogP contribution in [0.1, 0.15) is 36.0 Å². The molecule has 2 saturated heterocycles. The third kappa shape index (κ3) is 2.93. The molecular formula is C16H21N3O2. The smallest absolute Gasteiger partial charge is 0.253 e. The lowest BCUT2D eigenvalue weighted by atomic mass is 10.0. The Morgan fingerprint density at radius 2 is 1.95 bits per heavy atom. The van der Waals surface area contributed by atoms with Crippen molar-refractivity contribution in [2.75, 3.05) is 24.5 Å². The van der Waals surface area contributed by atoms with Crippen LogP contribution in [-0.4, -0.2) is 42.4 Å². The topological polar surface area (TPSA) is 66.6 Å². The molecule has 0 spiro atoms. The van der Waals surface area contributed by atoms with Gasteiger partial charge in [0, 0.05) is 43.3 Å². The molecule has 0 saturated carbocycles. The predicted molar refractivity (Wildman–Crippen MR) is 81.1 cm³/mol. The number of hydrogen-bond donors (Lipinski definition) is 1. The van der Waals surface area contributed by atoms with Gasteiger partial charge < -0.3 is 15.5 Å². The van der Waals surface area contributed by atoms with Gasteiger partial charge in [0.1, 0.15) is 0 Å². The van der Waals surface area contributed by atoms with E-state index in [1.807, 2.05) is 29.2 Å². The molecule has 0 aliphatic carbocycles. The van der Waals surface area contributed by atoms with Crippen LogP contribution in [0.3, 0.4) is 0 Å². The number of rotatable bonds is 2. The first kappa shape index (κ1) is 14.1. The molecule has 2 N–H and O–H groups in total. The van der Waals surface area contributed by atoms with E-state index in [2.05, 4.69) is 0 Å². The summed E-state index contributed by atoms with van der Waals surface area (Å²) in [6, 6.07) is 7.61. The van der Waals surface area contributed by atoms with Gasteiger partial charge in [0.15, 0.2) is 0 Å². The molecule has 0 bridgehead atoms. The summed E-state index contributed by atoms with van der Waals surface area (Å²) in [4.78, 5) is 28.0. The molecule has 21 heavy (non-hydrogen) atoms. The van der Waals surface area contributed by atoms with Crippen molar-refractivity contribution in [2.24, 2.45) is 5.73 Å². The van der Waals surface area contributed by atoms with E-state index in [1.54, 1.807) is 4.90 Å². The molecule has 0 atom stereocenters. The number of benzene rings is 1. The maximum absolute atomic E-state index is 12.5. The number of carbonyl (C=O) groups excluding carboxylic acids is 2. The largest absolute Gasteiger partial charge is 0.339 e. The number of hydrogen-bond acceptors (Lipinski definition) is 3. The van der Waals surface area contributed by atoms with Crippen molar-refractivity contribution < 1.29 is 9.59 Å². The lowest BCUT2D eigenvalue weighted by molar-refractivity contribution is -0.117. The lowest BCUT2D eigenvalue weighted by Gasteiger charge is -2.30. The van der Waals surface area contributed by atoms with Crippen molar-refractivity contribution >= 4 is 17.5 Å². The summed E-state index contributed by atoms with van der Waals surface area (Å²) in [5.41, 5.74) is 7.36. The fourth-order valence-electron chi connectivity index (χ4n) is 3.01. The molecule has 2 aliphatic heterocycles. The van der Waals surface area contributed by atoms with Crippen molar-refractivity contribution in [2.45, 2.75) is 31.7 Å². The van der Waals surface area contributed by atoms with Crippen LogP contribution >= 0.6 is 0 Å². The van der Waals surface area contributed by atoms with Crippen LogP contribution in [0.25, 0.3) is 0 Å². The Morgan fingerprint density at radius 1 is 1.19 bits per heavy atom. The molecule has 5 nitrogen and oxygen atoms in total. The second kappa shape index (κ2) is 5.85. The van der Waals surface area contributed by atoms with Gasteiger partial charge in [-0.25, -0.2) is 0 Å². The van der Waals surface area contributed by atoms with E-state index in [-0.39, 0.29) is 17.9 Å². The van der Waals surface area contributed by atoms with E-state index in [4.69, 9.17) is 5.73 Å². The van der Waals surface area contributed by atoms with Crippen molar-refractivity contribution in [1.82, 2.24) is 4.90 Å². The maximum atomic E-state index is 12.5. The molecule has 0 unspecified atom stereocenters. The SMILES string of the molecule is NC1CCN(C(=O)c2cccc(N3CCCC3=O)c2)CC1. The molecular weight excluding hydrogens is 266 g/mol. The number of amides is 2. The summed E-state index contributed by atoms with van der Waals surface area (Å²) in [5, 5.41) is 0. The van der Waals surface area contributed by atoms with Crippen LogP contribution in [0.5, 0.6) is 0 Å². The van der Waals surface area contributed by atoms with E-state index in [9.17, 15) is 9.59 Å². The second-order valence-electron chi connectivity index (χ2n) is 5.83. The monoisotopic (exact) mass is 287 g/mol. The molecule has 1 aromatic carbocycles. The molecule has 112 valence electrons. The zero-order valence-corrected chi connectivity index (χ0v) is 12.1. The minimum absolute atomic E-state index is 0.0374. The standard InChI is InChI=1S/C16H21N3O2/c17-13-6-9-18(10-7-13)16(21)12-3-1-4-14(11-12)19-8-2-5-15(19)20/h1,3-4,11,13H,2,5-10,17H2. The van der Waals surface area contributed by atoms with Gasteiger partial charge in [0.25, 0.3) is 5.91 Å². The number of piperidine rings is 1. The third-order valence-electron chi connectivity index (χ3n) is 4.31. The number of carbonyl (C=O) groups is 2. The summed E-state index contributed by atoms with van der Waals surface area (Å²) in [6.07, 6.45) is 3.20. The molecule has 2 heterocycles. The summed E-state index contributed by atoms with van der Waals surface area (Å²) >= 11 is 0. The molecule has 1 aromatic rings. The zero-order chi connectivity index (χ0) is 14.8. The van der Waals surface area contributed by atoms with E-state index in [1.165, 1.54) is 0 Å². The summed E-state index contributed by atoms with van der Waals surface area (Å²) in [5.74, 6) is 0.180. The number of anilines is 1. The van der Waals surface area contributed by atoms with Gasteiger partial charge in [0.05, 0.1) is 0 Å². The van der Waals surface area contributed by atoms with E-state index in [0.29, 0.717) is 25.1 Å². The van der Waals surface area contributed by atoms with Crippen LogP contribution in [-0.2, 0) is 4.79 Å². The van der Waals surface area contributed by atoms with Gasteiger partial charge in [-0.1, -0.05) is 6.07 Å². The van der Waals surface area contributed by atoms with Crippen LogP contribution in [0.4, 0.5) is 5.69 Å². The Labute approximate surface area is 124 Å². The maximum Gasteiger partial charge on any atom is 0.253 e. The highest BCUT2D eigenvalue weighted by atomic mass is 16.2. The van der Waals surface area contributed by atoms with E-state index < -0.39 is 0 Å². The highest BCUT2D eigenvalue weighted by molar-refractivity contribution is 5.99. The Hall–Kier alpha value is -1.88. The fraction of sp³-hybridized carbons (Fsp3) is 0.500. The quantitative estimate of drug-likeness (QED) is 0.893. The van der Waals surface area contributed by atoms with Crippen LogP contribution in [0.2, 0.25) is 0 Å². The van der Waals surface area contributed by atoms with Crippen molar-refractivity contribution in [3.05, 3.63) is 29.8 Å². The molecule has 3 rings (SSSR count). The fourth-order valence-corrected chi connectivity index (χ4v) is 3.01. The van der Waals surface area contributed by atoms with Crippen LogP contribution in [0.15, 0.2) is 24.3 Å². The first-order valence-corrected chi connectivity index (χ1v) is 7.60. The van der Waals surface area contributed by atoms with Gasteiger partial charge in [-0.3, -0.25) is 9.59 Å². The van der Waals surface area contributed by atoms with Gasteiger partial charge in [0.2, 0.25) is 5.91 Å². The van der Waals surface area contributed by atoms with E-state index >= 15 is 0 Å². The van der Waals surface area contributed by atoms with Crippen LogP contribution in [0, 0.1) is 0 Å². The normalized spacial score (nSPS) is 20.1. The number of nitrogens with zero attached hydrogens (tertiary/aromatic N) is 2. The van der Waals surface area contributed by atoms with E-state index in [0.717, 1.165) is 31.5 Å². The van der Waals surface area contributed by atoms with Crippen molar-refractivity contribution in [3.63, 3.8) is 0 Å². The molecule has 5 heteroatoms. The minimum Gasteiger partial charge on any atom is -0.339 e. The minimum atomic E-state index is 0.0374. The second-order valence-corrected chi connectivity index (χ2v) is 5.83. The molecule has 2 aliphatic rings. The van der Waals surface area contributed by atoms with Gasteiger partial charge in [-0.15, -0.1) is 0 Å². The predicted octanol–water partition coefficient (Wildman–Crippen LogP) is 1.38. The van der Waals surface area contributed by atoms with Crippen molar-refractivity contribution in [1.29, 1.82) is 0 Å². The molecule has 2 amide bonds. The third-order valence-corrected chi connectivity index (χ3v) is 4.31. The number of nitrogens with two attached hydrogens (primary N) is 1. The highest BCUT2D eigenvalue weighted by Gasteiger charge is 2.24. The molecule has 0 aromatic heterocycles. The summed E-state index contributed by atoms with van der Waals surface area (Å²) < 4.78 is 0. The Bertz CT molecular complexity index is 550. The Balaban J connectivity index is 1.76. The Morgan fingerprint density at radius 3 is 2.62 bits per heavy atom. The first-order chi connectivity index (χ1) is 10.1. The summed E-state index contributed by atoms with van der Waals surface area (Å²) in [7, 11) is 0. The van der Waals surface area contributed by atoms with Gasteiger partial charge >= 0.3 is 0 Å².